The van der Waals surface area contributed by atoms with Crippen LogP contribution in [0.2, 0.25) is 0 Å². The molecular formula is C28H21N3O5. The van der Waals surface area contributed by atoms with E-state index < -0.39 is 29.9 Å². The molecule has 1 spiro atoms. The number of hydrogen-bond donors (Lipinski definition) is 2. The number of amides is 4. The summed E-state index contributed by atoms with van der Waals surface area (Å²) in [5.41, 5.74) is 2.14. The molecule has 178 valence electrons. The number of ketones is 2. The minimum Gasteiger partial charge on any atom is -0.324 e. The predicted molar refractivity (Wildman–Crippen MR) is 130 cm³/mol. The first-order valence-corrected chi connectivity index (χ1v) is 11.7. The van der Waals surface area contributed by atoms with Gasteiger partial charge in [0.25, 0.3) is 5.91 Å². The monoisotopic (exact) mass is 479 g/mol. The van der Waals surface area contributed by atoms with Gasteiger partial charge >= 0.3 is 6.03 Å². The molecule has 3 aliphatic rings. The van der Waals surface area contributed by atoms with Crippen molar-refractivity contribution in [1.82, 2.24) is 10.2 Å². The van der Waals surface area contributed by atoms with Crippen LogP contribution in [0.25, 0.3) is 0 Å². The quantitative estimate of drug-likeness (QED) is 0.439. The fraction of sp³-hybridized carbons (Fsp3) is 0.179. The molecule has 0 aromatic heterocycles. The molecule has 4 amide bonds. The molecule has 2 aliphatic carbocycles. The van der Waals surface area contributed by atoms with Crippen molar-refractivity contribution in [3.05, 3.63) is 100 Å². The van der Waals surface area contributed by atoms with Gasteiger partial charge in [-0.2, -0.15) is 0 Å². The van der Waals surface area contributed by atoms with Crippen molar-refractivity contribution in [3.8, 4) is 0 Å². The summed E-state index contributed by atoms with van der Waals surface area (Å²) in [6.45, 7) is -0.504. The van der Waals surface area contributed by atoms with Gasteiger partial charge in [0.1, 0.15) is 12.1 Å². The van der Waals surface area contributed by atoms with Crippen LogP contribution < -0.4 is 10.6 Å². The van der Waals surface area contributed by atoms with Gasteiger partial charge in [-0.3, -0.25) is 24.1 Å². The summed E-state index contributed by atoms with van der Waals surface area (Å²) < 4.78 is 0. The molecule has 3 aromatic rings. The first-order chi connectivity index (χ1) is 17.4. The van der Waals surface area contributed by atoms with E-state index in [9.17, 15) is 24.0 Å². The average molecular weight is 479 g/mol. The number of imide groups is 1. The fourth-order valence-corrected chi connectivity index (χ4v) is 5.43. The maximum Gasteiger partial charge on any atom is 0.325 e. The zero-order chi connectivity index (χ0) is 25.0. The lowest BCUT2D eigenvalue weighted by molar-refractivity contribution is -0.134. The van der Waals surface area contributed by atoms with Gasteiger partial charge in [-0.25, -0.2) is 4.79 Å². The Balaban J connectivity index is 1.23. The van der Waals surface area contributed by atoms with Gasteiger partial charge in [-0.15, -0.1) is 0 Å². The zero-order valence-corrected chi connectivity index (χ0v) is 19.2. The van der Waals surface area contributed by atoms with Gasteiger partial charge in [-0.1, -0.05) is 60.7 Å². The van der Waals surface area contributed by atoms with Crippen molar-refractivity contribution < 1.29 is 24.0 Å². The lowest BCUT2D eigenvalue weighted by Gasteiger charge is -2.32. The van der Waals surface area contributed by atoms with Crippen LogP contribution in [0.15, 0.2) is 66.7 Å². The molecule has 1 atom stereocenters. The molecular weight excluding hydrogens is 458 g/mol. The van der Waals surface area contributed by atoms with Crippen LogP contribution >= 0.6 is 0 Å². The molecule has 8 nitrogen and oxygen atoms in total. The fourth-order valence-electron chi connectivity index (χ4n) is 5.43. The second-order valence-corrected chi connectivity index (χ2v) is 9.33. The van der Waals surface area contributed by atoms with E-state index in [0.717, 1.165) is 16.0 Å². The van der Waals surface area contributed by atoms with Gasteiger partial charge in [0.05, 0.1) is 11.3 Å². The van der Waals surface area contributed by atoms with E-state index in [1.165, 1.54) is 6.07 Å². The second kappa shape index (κ2) is 7.98. The highest BCUT2D eigenvalue weighted by Gasteiger charge is 2.52. The summed E-state index contributed by atoms with van der Waals surface area (Å²) in [5.74, 6) is -1.75. The van der Waals surface area contributed by atoms with Crippen molar-refractivity contribution in [1.29, 1.82) is 0 Å². The molecule has 1 aliphatic heterocycles. The third-order valence-corrected chi connectivity index (χ3v) is 7.21. The Bertz CT molecular complexity index is 1510. The highest BCUT2D eigenvalue weighted by atomic mass is 16.2. The number of anilines is 1. The summed E-state index contributed by atoms with van der Waals surface area (Å²) in [6.07, 6.45) is 1.47. The second-order valence-electron chi connectivity index (χ2n) is 9.33. The van der Waals surface area contributed by atoms with E-state index in [0.29, 0.717) is 24.8 Å². The number of rotatable bonds is 3. The van der Waals surface area contributed by atoms with E-state index in [1.807, 2.05) is 24.3 Å². The Hall–Kier alpha value is -4.59. The molecule has 1 fully saturated rings. The summed E-state index contributed by atoms with van der Waals surface area (Å²) >= 11 is 0. The predicted octanol–water partition coefficient (Wildman–Crippen LogP) is 2.88. The van der Waals surface area contributed by atoms with Gasteiger partial charge in [0.15, 0.2) is 11.6 Å². The third kappa shape index (κ3) is 3.25. The van der Waals surface area contributed by atoms with Gasteiger partial charge < -0.3 is 10.6 Å². The van der Waals surface area contributed by atoms with Gasteiger partial charge in [-0.05, 0) is 30.0 Å². The highest BCUT2D eigenvalue weighted by molar-refractivity contribution is 6.30. The first-order valence-electron chi connectivity index (χ1n) is 11.7. The minimum atomic E-state index is -1.07. The summed E-state index contributed by atoms with van der Waals surface area (Å²) in [7, 11) is 0. The van der Waals surface area contributed by atoms with E-state index in [2.05, 4.69) is 10.6 Å². The van der Waals surface area contributed by atoms with E-state index in [1.54, 1.807) is 36.4 Å². The van der Waals surface area contributed by atoms with Crippen LogP contribution in [-0.4, -0.2) is 46.4 Å². The van der Waals surface area contributed by atoms with Crippen LogP contribution in [0.1, 0.15) is 49.4 Å². The van der Waals surface area contributed by atoms with E-state index in [-0.39, 0.29) is 33.9 Å². The van der Waals surface area contributed by atoms with Crippen molar-refractivity contribution in [2.45, 2.75) is 24.8 Å². The van der Waals surface area contributed by atoms with Crippen molar-refractivity contribution >= 4 is 35.1 Å². The SMILES string of the molecule is O=C(CN1C(=O)NC2(CCc3ccccc3C2)C1=O)Nc1cccc2c1C(=O)c1ccccc1C2=O. The third-order valence-electron chi connectivity index (χ3n) is 7.21. The first kappa shape index (κ1) is 21.9. The van der Waals surface area contributed by atoms with Crippen molar-refractivity contribution in [2.75, 3.05) is 11.9 Å². The Labute approximate surface area is 206 Å². The summed E-state index contributed by atoms with van der Waals surface area (Å²) in [6, 6.07) is 18.4. The average Bonchev–Trinajstić information content (AvgIpc) is 3.10. The van der Waals surface area contributed by atoms with E-state index >= 15 is 0 Å². The normalized spacial score (nSPS) is 20.1. The molecule has 2 N–H and O–H groups in total. The maximum atomic E-state index is 13.3. The maximum absolute atomic E-state index is 13.3. The lowest BCUT2D eigenvalue weighted by Crippen LogP contribution is -2.51. The number of benzene rings is 3. The number of nitrogens with one attached hydrogen (secondary N) is 2. The molecule has 1 unspecified atom stereocenters. The molecule has 0 radical (unpaired) electrons. The number of hydrogen-bond acceptors (Lipinski definition) is 5. The van der Waals surface area contributed by atoms with Crippen molar-refractivity contribution in [2.24, 2.45) is 0 Å². The number of fused-ring (bicyclic) bond motifs is 3. The van der Waals surface area contributed by atoms with E-state index in [4.69, 9.17) is 0 Å². The lowest BCUT2D eigenvalue weighted by atomic mass is 9.78. The van der Waals surface area contributed by atoms with Crippen LogP contribution in [0.4, 0.5) is 10.5 Å². The molecule has 6 rings (SSSR count). The van der Waals surface area contributed by atoms with Crippen LogP contribution in [0.3, 0.4) is 0 Å². The Morgan fingerprint density at radius 2 is 1.50 bits per heavy atom. The molecule has 3 aromatic carbocycles. The zero-order valence-electron chi connectivity index (χ0n) is 19.2. The summed E-state index contributed by atoms with van der Waals surface area (Å²) in [4.78, 5) is 66.1. The van der Waals surface area contributed by atoms with Gasteiger partial charge in [0.2, 0.25) is 5.91 Å². The molecule has 0 bridgehead atoms. The van der Waals surface area contributed by atoms with Crippen LogP contribution in [0.5, 0.6) is 0 Å². The van der Waals surface area contributed by atoms with Crippen LogP contribution in [0, 0.1) is 0 Å². The number of aryl methyl sites for hydroxylation is 1. The number of urea groups is 1. The molecule has 0 saturated carbocycles. The van der Waals surface area contributed by atoms with Crippen molar-refractivity contribution in [3.63, 3.8) is 0 Å². The number of carbonyl (C=O) groups is 5. The van der Waals surface area contributed by atoms with Gasteiger partial charge in [0, 0.05) is 23.1 Å². The molecule has 8 heteroatoms. The molecule has 1 saturated heterocycles. The standard InChI is InChI=1S/C28H21N3O5/c32-22(15-31-26(35)28(30-27(31)36)13-12-16-6-1-2-7-17(16)14-28)29-21-11-5-10-20-23(21)25(34)19-9-4-3-8-18(19)24(20)33/h1-11H,12-15H2,(H,29,32)(H,30,36). The topological polar surface area (TPSA) is 113 Å². The highest BCUT2D eigenvalue weighted by Crippen LogP contribution is 2.34. The number of carbonyl (C=O) groups excluding carboxylic acids is 5. The smallest absolute Gasteiger partial charge is 0.324 e. The number of nitrogens with zero attached hydrogens (tertiary/aromatic N) is 1. The molecule has 1 heterocycles. The largest absolute Gasteiger partial charge is 0.325 e. The Kier molecular flexibility index (Phi) is 4.86. The Morgan fingerprint density at radius 1 is 0.833 bits per heavy atom. The minimum absolute atomic E-state index is 0.104. The summed E-state index contributed by atoms with van der Waals surface area (Å²) in [5, 5.41) is 5.45. The van der Waals surface area contributed by atoms with Crippen LogP contribution in [-0.2, 0) is 22.4 Å². The molecule has 36 heavy (non-hydrogen) atoms. The Morgan fingerprint density at radius 3 is 2.28 bits per heavy atom.